The summed E-state index contributed by atoms with van der Waals surface area (Å²) in [6.07, 6.45) is 1.52. The average Bonchev–Trinajstić information content (AvgIpc) is 3.15. The van der Waals surface area contributed by atoms with Gasteiger partial charge in [-0.05, 0) is 12.1 Å². The minimum Gasteiger partial charge on any atom is -0.495 e. The Hall–Kier alpha value is -3.59. The van der Waals surface area contributed by atoms with Crippen LogP contribution >= 0.6 is 0 Å². The van der Waals surface area contributed by atoms with Gasteiger partial charge in [-0.2, -0.15) is 0 Å². The number of nitrogens with one attached hydrogen (secondary N) is 1. The van der Waals surface area contributed by atoms with Crippen LogP contribution in [0.2, 0.25) is 0 Å². The van der Waals surface area contributed by atoms with Crippen molar-refractivity contribution in [3.8, 4) is 22.8 Å². The van der Waals surface area contributed by atoms with E-state index in [0.717, 1.165) is 5.56 Å². The molecule has 0 unspecified atom stereocenters. The molecule has 8 nitrogen and oxygen atoms in total. The van der Waals surface area contributed by atoms with Crippen LogP contribution in [0.3, 0.4) is 0 Å². The van der Waals surface area contributed by atoms with E-state index in [4.69, 9.17) is 14.0 Å². The molecule has 4 aromatic rings. The Morgan fingerprint density at radius 1 is 0.966 bits per heavy atom. The van der Waals surface area contributed by atoms with Gasteiger partial charge in [0.1, 0.15) is 11.5 Å². The first-order valence-electron chi connectivity index (χ1n) is 8.58. The van der Waals surface area contributed by atoms with Gasteiger partial charge in [0.2, 0.25) is 0 Å². The molecule has 29 heavy (non-hydrogen) atoms. The molecule has 0 radical (unpaired) electrons. The van der Waals surface area contributed by atoms with E-state index in [1.165, 1.54) is 32.5 Å². The third-order valence-electron chi connectivity index (χ3n) is 4.31. The topological polar surface area (TPSA) is 104 Å². The second-order valence-electron chi connectivity index (χ2n) is 6.06. The highest BCUT2D eigenvalue weighted by Gasteiger charge is 2.27. The molecule has 4 rings (SSSR count). The summed E-state index contributed by atoms with van der Waals surface area (Å²) in [5, 5.41) is 4.30. The number of anilines is 1. The summed E-state index contributed by atoms with van der Waals surface area (Å²) < 4.78 is 44.2. The van der Waals surface area contributed by atoms with E-state index < -0.39 is 10.0 Å². The maximum absolute atomic E-state index is 13.0. The number of ether oxygens (including phenoxy) is 2. The lowest BCUT2D eigenvalue weighted by Gasteiger charge is -2.13. The molecule has 0 aliphatic carbocycles. The number of hydrogen-bond acceptors (Lipinski definition) is 7. The number of aromatic nitrogens is 2. The summed E-state index contributed by atoms with van der Waals surface area (Å²) >= 11 is 0. The lowest BCUT2D eigenvalue weighted by atomic mass is 10.1. The summed E-state index contributed by atoms with van der Waals surface area (Å²) in [7, 11) is -1.31. The number of fused-ring (bicyclic) bond motifs is 1. The molecule has 0 spiro atoms. The van der Waals surface area contributed by atoms with Crippen molar-refractivity contribution < 1.29 is 22.4 Å². The number of rotatable bonds is 6. The highest BCUT2D eigenvalue weighted by atomic mass is 32.2. The van der Waals surface area contributed by atoms with E-state index in [-0.39, 0.29) is 22.2 Å². The van der Waals surface area contributed by atoms with E-state index in [0.29, 0.717) is 16.7 Å². The fourth-order valence-corrected chi connectivity index (χ4v) is 4.27. The molecule has 1 N–H and O–H groups in total. The Labute approximate surface area is 167 Å². The largest absolute Gasteiger partial charge is 0.495 e. The zero-order chi connectivity index (χ0) is 20.4. The quantitative estimate of drug-likeness (QED) is 0.516. The zero-order valence-electron chi connectivity index (χ0n) is 15.6. The molecule has 0 fully saturated rings. The van der Waals surface area contributed by atoms with Crippen LogP contribution in [-0.2, 0) is 10.0 Å². The van der Waals surface area contributed by atoms with Gasteiger partial charge in [0.15, 0.2) is 16.3 Å². The first kappa shape index (κ1) is 18.8. The summed E-state index contributed by atoms with van der Waals surface area (Å²) in [5.74, 6) is 0.323. The third kappa shape index (κ3) is 3.47. The number of nitrogens with zero attached hydrogens (tertiary/aromatic N) is 2. The first-order chi connectivity index (χ1) is 14.0. The van der Waals surface area contributed by atoms with Crippen LogP contribution in [0.15, 0.2) is 70.2 Å². The molecule has 2 aromatic heterocycles. The first-order valence-corrected chi connectivity index (χ1v) is 10.1. The molecule has 0 amide bonds. The Kier molecular flexibility index (Phi) is 4.81. The van der Waals surface area contributed by atoms with Crippen LogP contribution in [0.25, 0.3) is 22.2 Å². The zero-order valence-corrected chi connectivity index (χ0v) is 16.4. The van der Waals surface area contributed by atoms with Crippen molar-refractivity contribution in [2.45, 2.75) is 4.90 Å². The molecule has 9 heteroatoms. The number of hydrogen-bond donors (Lipinski definition) is 1. The van der Waals surface area contributed by atoms with Crippen molar-refractivity contribution in [3.63, 3.8) is 0 Å². The van der Waals surface area contributed by atoms with Crippen LogP contribution in [0.5, 0.6) is 11.5 Å². The molecular weight excluding hydrogens is 394 g/mol. The number of sulfonamides is 1. The Morgan fingerprint density at radius 3 is 2.31 bits per heavy atom. The minimum atomic E-state index is -4.07. The van der Waals surface area contributed by atoms with Gasteiger partial charge in [0.25, 0.3) is 10.0 Å². The molecule has 0 aliphatic heterocycles. The van der Waals surface area contributed by atoms with Crippen LogP contribution in [-0.4, -0.2) is 32.8 Å². The van der Waals surface area contributed by atoms with E-state index in [9.17, 15) is 8.42 Å². The smallest absolute Gasteiger partial charge is 0.270 e. The Morgan fingerprint density at radius 2 is 1.66 bits per heavy atom. The van der Waals surface area contributed by atoms with Gasteiger partial charge in [-0.3, -0.25) is 9.71 Å². The second-order valence-corrected chi connectivity index (χ2v) is 7.68. The molecule has 0 bridgehead atoms. The molecule has 2 heterocycles. The number of methoxy groups -OCH3 is 2. The minimum absolute atomic E-state index is 0.0278. The predicted molar refractivity (Wildman–Crippen MR) is 108 cm³/mol. The van der Waals surface area contributed by atoms with Gasteiger partial charge < -0.3 is 14.0 Å². The highest BCUT2D eigenvalue weighted by Crippen LogP contribution is 2.35. The van der Waals surface area contributed by atoms with E-state index >= 15 is 0 Å². The summed E-state index contributed by atoms with van der Waals surface area (Å²) in [6.45, 7) is 0. The van der Waals surface area contributed by atoms with E-state index in [1.807, 2.05) is 30.3 Å². The van der Waals surface area contributed by atoms with Crippen LogP contribution in [0.1, 0.15) is 0 Å². The summed E-state index contributed by atoms with van der Waals surface area (Å²) in [5.41, 5.74) is 2.00. The number of benzene rings is 2. The maximum atomic E-state index is 13.0. The lowest BCUT2D eigenvalue weighted by molar-refractivity contribution is 0.373. The number of pyridine rings is 1. The Bertz CT molecular complexity index is 1250. The SMILES string of the molecule is COc1cccc(OC)c1S(=O)(=O)Nc1noc2cc(-c3ccccc3)ncc12. The van der Waals surface area contributed by atoms with Crippen molar-refractivity contribution in [3.05, 3.63) is 60.8 Å². The second kappa shape index (κ2) is 7.44. The van der Waals surface area contributed by atoms with Crippen molar-refractivity contribution in [1.29, 1.82) is 0 Å². The molecular formula is C20H17N3O5S. The molecule has 0 saturated carbocycles. The molecule has 0 aliphatic rings. The van der Waals surface area contributed by atoms with Crippen molar-refractivity contribution in [2.24, 2.45) is 0 Å². The van der Waals surface area contributed by atoms with Gasteiger partial charge in [-0.1, -0.05) is 41.6 Å². The van der Waals surface area contributed by atoms with Gasteiger partial charge in [-0.25, -0.2) is 8.42 Å². The molecule has 0 atom stereocenters. The van der Waals surface area contributed by atoms with Crippen molar-refractivity contribution in [1.82, 2.24) is 10.1 Å². The molecule has 2 aromatic carbocycles. The average molecular weight is 411 g/mol. The fourth-order valence-electron chi connectivity index (χ4n) is 2.94. The fraction of sp³-hybridized carbons (Fsp3) is 0.100. The predicted octanol–water partition coefficient (Wildman–Crippen LogP) is 3.71. The lowest BCUT2D eigenvalue weighted by Crippen LogP contribution is -2.15. The maximum Gasteiger partial charge on any atom is 0.270 e. The summed E-state index contributed by atoms with van der Waals surface area (Å²) in [4.78, 5) is 4.27. The van der Waals surface area contributed by atoms with Crippen LogP contribution < -0.4 is 14.2 Å². The monoisotopic (exact) mass is 411 g/mol. The van der Waals surface area contributed by atoms with E-state index in [1.54, 1.807) is 12.1 Å². The van der Waals surface area contributed by atoms with Crippen molar-refractivity contribution in [2.75, 3.05) is 18.9 Å². The van der Waals surface area contributed by atoms with Gasteiger partial charge >= 0.3 is 0 Å². The highest BCUT2D eigenvalue weighted by molar-refractivity contribution is 7.93. The van der Waals surface area contributed by atoms with Gasteiger partial charge in [-0.15, -0.1) is 0 Å². The van der Waals surface area contributed by atoms with Crippen LogP contribution in [0.4, 0.5) is 5.82 Å². The summed E-state index contributed by atoms with van der Waals surface area (Å²) in [6, 6.07) is 16.0. The normalized spacial score (nSPS) is 11.4. The van der Waals surface area contributed by atoms with Crippen molar-refractivity contribution >= 4 is 26.8 Å². The van der Waals surface area contributed by atoms with Gasteiger partial charge in [0, 0.05) is 17.8 Å². The van der Waals surface area contributed by atoms with Gasteiger partial charge in [0.05, 0.1) is 25.3 Å². The van der Waals surface area contributed by atoms with E-state index in [2.05, 4.69) is 14.9 Å². The van der Waals surface area contributed by atoms with Crippen LogP contribution in [0, 0.1) is 0 Å². The Balaban J connectivity index is 1.73. The standard InChI is InChI=1S/C20H17N3O5S/c1-26-16-9-6-10-17(27-2)19(16)29(24,25)23-20-14-12-21-15(11-18(14)28-22-20)13-7-4-3-5-8-13/h3-12H,1-2H3,(H,22,23). The molecule has 148 valence electrons. The molecule has 0 saturated heterocycles. The third-order valence-corrected chi connectivity index (χ3v) is 5.71.